The first-order valence-corrected chi connectivity index (χ1v) is 7.59. The smallest absolute Gasteiger partial charge is 0.243 e. The van der Waals surface area contributed by atoms with Crippen LogP contribution in [0.4, 0.5) is 0 Å². The summed E-state index contributed by atoms with van der Waals surface area (Å²) in [6.45, 7) is 3.40. The van der Waals surface area contributed by atoms with Gasteiger partial charge in [-0.25, -0.2) is 8.42 Å². The zero-order valence-corrected chi connectivity index (χ0v) is 11.1. The summed E-state index contributed by atoms with van der Waals surface area (Å²) in [5.74, 6) is -0.567. The van der Waals surface area contributed by atoms with Crippen LogP contribution in [-0.4, -0.2) is 55.8 Å². The highest BCUT2D eigenvalue weighted by Gasteiger charge is 2.36. The van der Waals surface area contributed by atoms with Gasteiger partial charge in [-0.2, -0.15) is 0 Å². The summed E-state index contributed by atoms with van der Waals surface area (Å²) in [6.07, 6.45) is 1.60. The van der Waals surface area contributed by atoms with Gasteiger partial charge in [-0.05, 0) is 13.3 Å². The number of amides is 2. The molecule has 2 atom stereocenters. The average Bonchev–Trinajstić information content (AvgIpc) is 2.18. The lowest BCUT2D eigenvalue weighted by molar-refractivity contribution is -0.147. The lowest BCUT2D eigenvalue weighted by atomic mass is 10.1. The van der Waals surface area contributed by atoms with Crippen LogP contribution in [0.1, 0.15) is 20.3 Å². The Balaban J connectivity index is 2.90. The molecule has 0 bridgehead atoms. The minimum absolute atomic E-state index is 0.0521. The SMILES string of the molecule is CCC1C(=O)NCC(=O)N1C(C)CS(C)(=O)=O. The molecule has 0 aromatic rings. The molecule has 0 radical (unpaired) electrons. The van der Waals surface area contributed by atoms with Crippen molar-refractivity contribution >= 4 is 21.7 Å². The maximum Gasteiger partial charge on any atom is 0.243 e. The summed E-state index contributed by atoms with van der Waals surface area (Å²) in [5, 5.41) is 2.50. The normalized spacial score (nSPS) is 23.5. The van der Waals surface area contributed by atoms with E-state index in [0.717, 1.165) is 6.26 Å². The molecule has 0 spiro atoms. The third kappa shape index (κ3) is 3.42. The Labute approximate surface area is 101 Å². The Hall–Kier alpha value is -1.11. The molecule has 1 saturated heterocycles. The minimum atomic E-state index is -3.17. The molecule has 1 aliphatic rings. The number of sulfone groups is 1. The van der Waals surface area contributed by atoms with E-state index in [2.05, 4.69) is 5.32 Å². The molecule has 1 rings (SSSR count). The molecule has 2 unspecified atom stereocenters. The maximum atomic E-state index is 11.8. The van der Waals surface area contributed by atoms with E-state index in [4.69, 9.17) is 0 Å². The Morgan fingerprint density at radius 3 is 2.53 bits per heavy atom. The first-order chi connectivity index (χ1) is 7.76. The first-order valence-electron chi connectivity index (χ1n) is 5.53. The highest BCUT2D eigenvalue weighted by molar-refractivity contribution is 7.90. The molecule has 1 heterocycles. The van der Waals surface area contributed by atoms with E-state index in [1.165, 1.54) is 4.90 Å². The van der Waals surface area contributed by atoms with Gasteiger partial charge in [0.05, 0.1) is 12.3 Å². The Morgan fingerprint density at radius 2 is 2.06 bits per heavy atom. The molecule has 7 heteroatoms. The molecule has 1 aliphatic heterocycles. The Bertz CT molecular complexity index is 418. The maximum absolute atomic E-state index is 11.8. The number of hydrogen-bond acceptors (Lipinski definition) is 4. The fourth-order valence-electron chi connectivity index (χ4n) is 2.13. The van der Waals surface area contributed by atoms with Crippen molar-refractivity contribution < 1.29 is 18.0 Å². The van der Waals surface area contributed by atoms with Crippen LogP contribution in [-0.2, 0) is 19.4 Å². The van der Waals surface area contributed by atoms with E-state index in [1.54, 1.807) is 13.8 Å². The number of hydrogen-bond donors (Lipinski definition) is 1. The van der Waals surface area contributed by atoms with E-state index in [0.29, 0.717) is 6.42 Å². The van der Waals surface area contributed by atoms with Crippen LogP contribution in [0.2, 0.25) is 0 Å². The fourth-order valence-corrected chi connectivity index (χ4v) is 3.16. The fraction of sp³-hybridized carbons (Fsp3) is 0.800. The molecule has 0 aliphatic carbocycles. The summed E-state index contributed by atoms with van der Waals surface area (Å²) in [4.78, 5) is 24.7. The molecular formula is C10H18N2O4S. The molecule has 2 amide bonds. The van der Waals surface area contributed by atoms with Crippen LogP contribution in [0, 0.1) is 0 Å². The van der Waals surface area contributed by atoms with E-state index < -0.39 is 21.9 Å². The van der Waals surface area contributed by atoms with Crippen molar-refractivity contribution in [3.05, 3.63) is 0 Å². The highest BCUT2D eigenvalue weighted by Crippen LogP contribution is 2.14. The van der Waals surface area contributed by atoms with Gasteiger partial charge in [-0.1, -0.05) is 6.92 Å². The third-order valence-electron chi connectivity index (χ3n) is 2.75. The van der Waals surface area contributed by atoms with Crippen molar-refractivity contribution in [1.29, 1.82) is 0 Å². The predicted molar refractivity (Wildman–Crippen MR) is 63.1 cm³/mol. The van der Waals surface area contributed by atoms with Gasteiger partial charge in [0.1, 0.15) is 15.9 Å². The standard InChI is InChI=1S/C10H18N2O4S/c1-4-8-10(14)11-5-9(13)12(8)7(2)6-17(3,15)16/h7-8H,4-6H2,1-3H3,(H,11,14). The Morgan fingerprint density at radius 1 is 1.47 bits per heavy atom. The van der Waals surface area contributed by atoms with Gasteiger partial charge in [0.25, 0.3) is 0 Å². The molecular weight excluding hydrogens is 244 g/mol. The van der Waals surface area contributed by atoms with Gasteiger partial charge in [0, 0.05) is 12.3 Å². The summed E-state index contributed by atoms with van der Waals surface area (Å²) in [6, 6.07) is -1.04. The second-order valence-corrected chi connectivity index (χ2v) is 6.57. The molecule has 0 aromatic heterocycles. The molecule has 0 aromatic carbocycles. The highest BCUT2D eigenvalue weighted by atomic mass is 32.2. The molecule has 17 heavy (non-hydrogen) atoms. The van der Waals surface area contributed by atoms with Crippen LogP contribution in [0.3, 0.4) is 0 Å². The van der Waals surface area contributed by atoms with E-state index in [9.17, 15) is 18.0 Å². The van der Waals surface area contributed by atoms with Crippen LogP contribution in [0.5, 0.6) is 0 Å². The number of carbonyl (C=O) groups excluding carboxylic acids is 2. The lowest BCUT2D eigenvalue weighted by Crippen LogP contribution is -2.61. The van der Waals surface area contributed by atoms with Gasteiger partial charge in [0.2, 0.25) is 11.8 Å². The lowest BCUT2D eigenvalue weighted by Gasteiger charge is -2.38. The van der Waals surface area contributed by atoms with Gasteiger partial charge in [-0.15, -0.1) is 0 Å². The van der Waals surface area contributed by atoms with E-state index >= 15 is 0 Å². The summed E-state index contributed by atoms with van der Waals surface area (Å²) in [5.41, 5.74) is 0. The number of nitrogens with zero attached hydrogens (tertiary/aromatic N) is 1. The number of nitrogens with one attached hydrogen (secondary N) is 1. The number of piperazine rings is 1. The van der Waals surface area contributed by atoms with Crippen LogP contribution in [0.15, 0.2) is 0 Å². The van der Waals surface area contributed by atoms with Crippen LogP contribution < -0.4 is 5.32 Å². The minimum Gasteiger partial charge on any atom is -0.345 e. The monoisotopic (exact) mass is 262 g/mol. The van der Waals surface area contributed by atoms with Crippen molar-refractivity contribution in [3.8, 4) is 0 Å². The molecule has 98 valence electrons. The topological polar surface area (TPSA) is 83.6 Å². The second kappa shape index (κ2) is 5.03. The predicted octanol–water partition coefficient (Wildman–Crippen LogP) is -0.843. The second-order valence-electron chi connectivity index (χ2n) is 4.38. The number of carbonyl (C=O) groups is 2. The third-order valence-corrected chi connectivity index (χ3v) is 3.83. The van der Waals surface area contributed by atoms with E-state index in [1.807, 2.05) is 0 Å². The molecule has 6 nitrogen and oxygen atoms in total. The molecule has 0 saturated carbocycles. The summed E-state index contributed by atoms with van der Waals surface area (Å²) >= 11 is 0. The van der Waals surface area contributed by atoms with Crippen molar-refractivity contribution in [2.24, 2.45) is 0 Å². The zero-order valence-electron chi connectivity index (χ0n) is 10.3. The van der Waals surface area contributed by atoms with Crippen LogP contribution in [0.25, 0.3) is 0 Å². The number of rotatable bonds is 4. The zero-order chi connectivity index (χ0) is 13.2. The molecule has 1 fully saturated rings. The van der Waals surface area contributed by atoms with Crippen molar-refractivity contribution in [1.82, 2.24) is 10.2 Å². The summed E-state index contributed by atoms with van der Waals surface area (Å²) in [7, 11) is -3.17. The van der Waals surface area contributed by atoms with Gasteiger partial charge >= 0.3 is 0 Å². The van der Waals surface area contributed by atoms with E-state index in [-0.39, 0.29) is 24.1 Å². The van der Waals surface area contributed by atoms with Gasteiger partial charge in [-0.3, -0.25) is 9.59 Å². The van der Waals surface area contributed by atoms with Crippen LogP contribution >= 0.6 is 0 Å². The Kier molecular flexibility index (Phi) is 4.13. The van der Waals surface area contributed by atoms with Crippen molar-refractivity contribution in [2.75, 3.05) is 18.6 Å². The largest absolute Gasteiger partial charge is 0.345 e. The first kappa shape index (κ1) is 14.0. The quantitative estimate of drug-likeness (QED) is 0.716. The molecule has 1 N–H and O–H groups in total. The average molecular weight is 262 g/mol. The van der Waals surface area contributed by atoms with Crippen molar-refractivity contribution in [2.45, 2.75) is 32.4 Å². The van der Waals surface area contributed by atoms with Gasteiger partial charge in [0.15, 0.2) is 0 Å². The summed E-state index contributed by atoms with van der Waals surface area (Å²) < 4.78 is 22.5. The van der Waals surface area contributed by atoms with Crippen molar-refractivity contribution in [3.63, 3.8) is 0 Å². The van der Waals surface area contributed by atoms with Gasteiger partial charge < -0.3 is 10.2 Å².